The number of rotatable bonds is 4. The molecule has 0 aliphatic heterocycles. The number of halogens is 1. The fourth-order valence-corrected chi connectivity index (χ4v) is 4.21. The molecule has 1 heterocycles. The Hall–Kier alpha value is -1.35. The van der Waals surface area contributed by atoms with E-state index in [0.717, 1.165) is 35.1 Å². The number of hydrogen-bond acceptors (Lipinski definition) is 2. The molecule has 0 radical (unpaired) electrons. The molecule has 0 bridgehead atoms. The molecule has 2 aromatic rings. The Morgan fingerprint density at radius 3 is 2.85 bits per heavy atom. The first-order valence-corrected chi connectivity index (χ1v) is 7.70. The minimum absolute atomic E-state index is 0.201. The molecule has 3 atom stereocenters. The topological polar surface area (TPSA) is 25.2 Å². The van der Waals surface area contributed by atoms with Gasteiger partial charge in [-0.05, 0) is 61.4 Å². The third-order valence-corrected chi connectivity index (χ3v) is 5.09. The van der Waals surface area contributed by atoms with Crippen LogP contribution in [0, 0.1) is 23.6 Å². The highest BCUT2D eigenvalue weighted by molar-refractivity contribution is 5.78. The maximum Gasteiger partial charge on any atom is 0.134 e. The van der Waals surface area contributed by atoms with Crippen LogP contribution in [0.25, 0.3) is 11.0 Å². The van der Waals surface area contributed by atoms with Crippen molar-refractivity contribution < 1.29 is 8.81 Å². The molecule has 0 saturated heterocycles. The molecule has 4 rings (SSSR count). The average Bonchev–Trinajstić information content (AvgIpc) is 2.82. The molecule has 2 aliphatic carbocycles. The summed E-state index contributed by atoms with van der Waals surface area (Å²) in [6.45, 7) is 3.07. The van der Waals surface area contributed by atoms with E-state index in [2.05, 4.69) is 12.2 Å². The number of fused-ring (bicyclic) bond motifs is 2. The molecule has 2 nitrogen and oxygen atoms in total. The van der Waals surface area contributed by atoms with Crippen LogP contribution in [-0.4, -0.2) is 6.54 Å². The van der Waals surface area contributed by atoms with Gasteiger partial charge in [0.1, 0.15) is 17.2 Å². The molecule has 2 aliphatic rings. The second kappa shape index (κ2) is 4.59. The van der Waals surface area contributed by atoms with Crippen molar-refractivity contribution in [3.05, 3.63) is 35.8 Å². The van der Waals surface area contributed by atoms with Gasteiger partial charge < -0.3 is 9.73 Å². The van der Waals surface area contributed by atoms with Gasteiger partial charge in [-0.1, -0.05) is 13.3 Å². The van der Waals surface area contributed by atoms with E-state index in [4.69, 9.17) is 4.42 Å². The van der Waals surface area contributed by atoms with Crippen LogP contribution < -0.4 is 5.32 Å². The quantitative estimate of drug-likeness (QED) is 0.900. The molecule has 106 valence electrons. The number of furan rings is 1. The Balaban J connectivity index is 1.67. The Morgan fingerprint density at radius 2 is 2.10 bits per heavy atom. The minimum atomic E-state index is -0.201. The summed E-state index contributed by atoms with van der Waals surface area (Å²) in [5.41, 5.74) is 0.787. The molecule has 2 fully saturated rings. The van der Waals surface area contributed by atoms with Crippen molar-refractivity contribution in [2.75, 3.05) is 6.54 Å². The highest BCUT2D eigenvalue weighted by atomic mass is 19.1. The molecule has 2 saturated carbocycles. The van der Waals surface area contributed by atoms with Gasteiger partial charge in [0, 0.05) is 5.39 Å². The minimum Gasteiger partial charge on any atom is -0.459 e. The van der Waals surface area contributed by atoms with Gasteiger partial charge in [0.25, 0.3) is 0 Å². The zero-order valence-corrected chi connectivity index (χ0v) is 11.7. The van der Waals surface area contributed by atoms with Gasteiger partial charge in [0.05, 0.1) is 6.04 Å². The molecule has 0 spiro atoms. The Kier molecular flexibility index (Phi) is 2.84. The largest absolute Gasteiger partial charge is 0.459 e. The molecule has 20 heavy (non-hydrogen) atoms. The van der Waals surface area contributed by atoms with E-state index in [1.807, 2.05) is 6.07 Å². The smallest absolute Gasteiger partial charge is 0.134 e. The zero-order chi connectivity index (χ0) is 13.7. The molecule has 3 unspecified atom stereocenters. The highest BCUT2D eigenvalue weighted by Crippen LogP contribution is 2.62. The van der Waals surface area contributed by atoms with E-state index in [0.29, 0.717) is 12.0 Å². The second-order valence-corrected chi connectivity index (χ2v) is 6.20. The first-order chi connectivity index (χ1) is 9.78. The lowest BCUT2D eigenvalue weighted by atomic mass is 10.0. The number of nitrogens with one attached hydrogen (secondary N) is 1. The molecule has 1 N–H and O–H groups in total. The zero-order valence-electron chi connectivity index (χ0n) is 11.7. The van der Waals surface area contributed by atoms with E-state index in [-0.39, 0.29) is 5.82 Å². The summed E-state index contributed by atoms with van der Waals surface area (Å²) in [5, 5.41) is 4.45. The third kappa shape index (κ3) is 1.87. The van der Waals surface area contributed by atoms with Crippen LogP contribution in [0.2, 0.25) is 0 Å². The van der Waals surface area contributed by atoms with Crippen molar-refractivity contribution >= 4 is 11.0 Å². The Bertz CT molecular complexity index is 625. The van der Waals surface area contributed by atoms with Crippen molar-refractivity contribution in [2.45, 2.75) is 32.2 Å². The molecular weight excluding hydrogens is 253 g/mol. The maximum absolute atomic E-state index is 13.3. The van der Waals surface area contributed by atoms with Gasteiger partial charge in [0.2, 0.25) is 0 Å². The van der Waals surface area contributed by atoms with E-state index in [1.165, 1.54) is 25.3 Å². The summed E-state index contributed by atoms with van der Waals surface area (Å²) in [6.07, 6.45) is 4.12. The van der Waals surface area contributed by atoms with Gasteiger partial charge >= 0.3 is 0 Å². The molecular formula is C17H20FNO. The predicted molar refractivity (Wildman–Crippen MR) is 76.9 cm³/mol. The van der Waals surface area contributed by atoms with Crippen molar-refractivity contribution in [3.8, 4) is 0 Å². The lowest BCUT2D eigenvalue weighted by Gasteiger charge is -2.17. The van der Waals surface area contributed by atoms with Crippen LogP contribution in [0.4, 0.5) is 4.39 Å². The molecule has 3 heteroatoms. The Morgan fingerprint density at radius 1 is 1.30 bits per heavy atom. The monoisotopic (exact) mass is 273 g/mol. The first-order valence-electron chi connectivity index (χ1n) is 7.70. The third-order valence-electron chi connectivity index (χ3n) is 5.09. The van der Waals surface area contributed by atoms with Crippen LogP contribution in [0.1, 0.15) is 38.0 Å². The van der Waals surface area contributed by atoms with Crippen molar-refractivity contribution in [1.82, 2.24) is 5.32 Å². The van der Waals surface area contributed by atoms with Gasteiger partial charge in [-0.25, -0.2) is 4.39 Å². The molecule has 1 aromatic heterocycles. The van der Waals surface area contributed by atoms with Gasteiger partial charge in [0.15, 0.2) is 0 Å². The molecule has 0 amide bonds. The fourth-order valence-electron chi connectivity index (χ4n) is 4.21. The summed E-state index contributed by atoms with van der Waals surface area (Å²) >= 11 is 0. The predicted octanol–water partition coefficient (Wildman–Crippen LogP) is 4.27. The normalized spacial score (nSPS) is 29.6. The summed E-state index contributed by atoms with van der Waals surface area (Å²) in [7, 11) is 0. The maximum atomic E-state index is 13.3. The van der Waals surface area contributed by atoms with Gasteiger partial charge in [-0.15, -0.1) is 0 Å². The number of hydrogen-bond donors (Lipinski definition) is 1. The van der Waals surface area contributed by atoms with Gasteiger partial charge in [-0.3, -0.25) is 0 Å². The lowest BCUT2D eigenvalue weighted by molar-refractivity contribution is 0.364. The second-order valence-electron chi connectivity index (χ2n) is 6.20. The lowest BCUT2D eigenvalue weighted by Crippen LogP contribution is -2.24. The van der Waals surface area contributed by atoms with Crippen LogP contribution in [0.15, 0.2) is 28.7 Å². The SMILES string of the molecule is CCNC(c1cc2cc(F)ccc2o1)C1C2CCCC21. The van der Waals surface area contributed by atoms with E-state index >= 15 is 0 Å². The average molecular weight is 273 g/mol. The van der Waals surface area contributed by atoms with Crippen LogP contribution in [-0.2, 0) is 0 Å². The van der Waals surface area contributed by atoms with Crippen LogP contribution >= 0.6 is 0 Å². The summed E-state index contributed by atoms with van der Waals surface area (Å²) in [5.74, 6) is 3.25. The standard InChI is InChI=1S/C17H20FNO/c1-2-19-17(16-12-4-3-5-13(12)16)15-9-10-8-11(18)6-7-14(10)20-15/h6-9,12-13,16-17,19H,2-5H2,1H3. The van der Waals surface area contributed by atoms with E-state index < -0.39 is 0 Å². The summed E-state index contributed by atoms with van der Waals surface area (Å²) in [4.78, 5) is 0. The van der Waals surface area contributed by atoms with E-state index in [1.54, 1.807) is 12.1 Å². The fraction of sp³-hybridized carbons (Fsp3) is 0.529. The highest BCUT2D eigenvalue weighted by Gasteiger charge is 2.56. The van der Waals surface area contributed by atoms with Crippen LogP contribution in [0.5, 0.6) is 0 Å². The summed E-state index contributed by atoms with van der Waals surface area (Å²) < 4.78 is 19.3. The molecule has 1 aromatic carbocycles. The first kappa shape index (κ1) is 12.4. The number of benzene rings is 1. The van der Waals surface area contributed by atoms with Gasteiger partial charge in [-0.2, -0.15) is 0 Å². The van der Waals surface area contributed by atoms with Crippen molar-refractivity contribution in [3.63, 3.8) is 0 Å². The van der Waals surface area contributed by atoms with E-state index in [9.17, 15) is 4.39 Å². The summed E-state index contributed by atoms with van der Waals surface area (Å²) in [6, 6.07) is 7.05. The Labute approximate surface area is 118 Å². The van der Waals surface area contributed by atoms with Crippen LogP contribution in [0.3, 0.4) is 0 Å². The van der Waals surface area contributed by atoms with Crippen molar-refractivity contribution in [1.29, 1.82) is 0 Å². The van der Waals surface area contributed by atoms with Crippen molar-refractivity contribution in [2.24, 2.45) is 17.8 Å².